The number of hydrogen-bond donors (Lipinski definition) is 1. The molecule has 1 aliphatic heterocycles. The number of nitrogens with one attached hydrogen (secondary N) is 1. The molecule has 0 saturated carbocycles. The van der Waals surface area contributed by atoms with Gasteiger partial charge in [0.15, 0.2) is 0 Å². The normalized spacial score (nSPS) is 18.5. The highest BCUT2D eigenvalue weighted by Gasteiger charge is 1.92. The summed E-state index contributed by atoms with van der Waals surface area (Å²) in [6.45, 7) is 0. The zero-order chi connectivity index (χ0) is 4.41. The van der Waals surface area contributed by atoms with Crippen LogP contribution in [0, 0.1) is 7.05 Å². The Bertz CT molecular complexity index is 71.2. The molecule has 6 heavy (non-hydrogen) atoms. The van der Waals surface area contributed by atoms with E-state index < -0.39 is 0 Å². The van der Waals surface area contributed by atoms with Crippen LogP contribution >= 0.6 is 0 Å². The van der Waals surface area contributed by atoms with E-state index in [4.69, 9.17) is 0 Å². The second-order valence-electron chi connectivity index (χ2n) is 0.942. The van der Waals surface area contributed by atoms with Crippen LogP contribution in [0.15, 0.2) is 12.4 Å². The van der Waals surface area contributed by atoms with Gasteiger partial charge >= 0.3 is 0 Å². The molecule has 3 heteroatoms. The van der Waals surface area contributed by atoms with Gasteiger partial charge in [0.1, 0.15) is 0 Å². The fourth-order valence-corrected chi connectivity index (χ4v) is 0.242. The van der Waals surface area contributed by atoms with Gasteiger partial charge in [0.25, 0.3) is 0 Å². The van der Waals surface area contributed by atoms with Crippen molar-refractivity contribution in [2.75, 3.05) is 0 Å². The molecule has 1 N–H and O–H groups in total. The highest BCUT2D eigenvalue weighted by molar-refractivity contribution is 4.76. The van der Waals surface area contributed by atoms with E-state index in [-0.39, 0.29) is 0 Å². The highest BCUT2D eigenvalue weighted by atomic mass is 16.8. The molecule has 0 unspecified atom stereocenters. The average molecular weight is 85.1 g/mol. The van der Waals surface area contributed by atoms with Crippen molar-refractivity contribution >= 4 is 0 Å². The van der Waals surface area contributed by atoms with Gasteiger partial charge in [-0.2, -0.15) is 4.94 Å². The van der Waals surface area contributed by atoms with Crippen molar-refractivity contribution in [3.8, 4) is 0 Å². The monoisotopic (exact) mass is 85.0 g/mol. The zero-order valence-electron chi connectivity index (χ0n) is 3.22. The first-order valence-electron chi connectivity index (χ1n) is 1.58. The number of hydroxylamine groups is 3. The zero-order valence-corrected chi connectivity index (χ0v) is 3.22. The number of nitrogens with zero attached hydrogens (tertiary/aromatic N) is 1. The van der Waals surface area contributed by atoms with Crippen LogP contribution in [0.3, 0.4) is 0 Å². The van der Waals surface area contributed by atoms with Crippen LogP contribution in [-0.4, -0.2) is 5.06 Å². The van der Waals surface area contributed by atoms with Crippen molar-refractivity contribution in [1.29, 1.82) is 0 Å². The lowest BCUT2D eigenvalue weighted by atomic mass is 10.9. The largest absolute Gasteiger partial charge is 0.248 e. The summed E-state index contributed by atoms with van der Waals surface area (Å²) in [7, 11) is 3.40. The van der Waals surface area contributed by atoms with E-state index in [0.29, 0.717) is 0 Å². The quantitative estimate of drug-likeness (QED) is 0.448. The molecular formula is C3H5N2O. The van der Waals surface area contributed by atoms with E-state index in [1.165, 1.54) is 5.06 Å². The Morgan fingerprint density at radius 2 is 2.67 bits per heavy atom. The summed E-state index contributed by atoms with van der Waals surface area (Å²) in [5.41, 5.74) is 2.45. The van der Waals surface area contributed by atoms with Crippen LogP contribution in [0.1, 0.15) is 0 Å². The van der Waals surface area contributed by atoms with Gasteiger partial charge in [0.2, 0.25) is 0 Å². The molecule has 0 aliphatic carbocycles. The molecular weight excluding hydrogens is 80.0 g/mol. The van der Waals surface area contributed by atoms with E-state index in [1.54, 1.807) is 12.4 Å². The summed E-state index contributed by atoms with van der Waals surface area (Å²) in [6.07, 6.45) is 3.31. The Morgan fingerprint density at radius 1 is 1.83 bits per heavy atom. The van der Waals surface area contributed by atoms with E-state index in [0.717, 1.165) is 0 Å². The van der Waals surface area contributed by atoms with Crippen molar-refractivity contribution in [2.45, 2.75) is 0 Å². The maximum atomic E-state index is 4.51. The second-order valence-corrected chi connectivity index (χ2v) is 0.942. The van der Waals surface area contributed by atoms with Gasteiger partial charge in [-0.05, 0) is 0 Å². The van der Waals surface area contributed by atoms with E-state index >= 15 is 0 Å². The van der Waals surface area contributed by atoms with Crippen molar-refractivity contribution in [1.82, 2.24) is 10.5 Å². The summed E-state index contributed by atoms with van der Waals surface area (Å²) < 4.78 is 0. The predicted octanol–water partition coefficient (Wildman–Crippen LogP) is 0.000990. The van der Waals surface area contributed by atoms with E-state index in [9.17, 15) is 0 Å². The Kier molecular flexibility index (Phi) is 0.686. The molecule has 33 valence electrons. The second kappa shape index (κ2) is 1.18. The first kappa shape index (κ1) is 3.49. The van der Waals surface area contributed by atoms with Gasteiger partial charge in [0, 0.05) is 12.4 Å². The molecule has 0 amide bonds. The van der Waals surface area contributed by atoms with Gasteiger partial charge < -0.3 is 0 Å². The fourth-order valence-electron chi connectivity index (χ4n) is 0.242. The van der Waals surface area contributed by atoms with Crippen molar-refractivity contribution in [3.63, 3.8) is 0 Å². The molecule has 0 aromatic rings. The Hall–Kier alpha value is -0.700. The number of hydrogen-bond acceptors (Lipinski definition) is 3. The Labute approximate surface area is 36.1 Å². The standard InChI is InChI=1S/C3H5N2O/c1-5-3-2-4-6-5/h2-4H,1H2. The van der Waals surface area contributed by atoms with Crippen LogP contribution in [0.5, 0.6) is 0 Å². The van der Waals surface area contributed by atoms with Crippen molar-refractivity contribution in [2.24, 2.45) is 0 Å². The first-order valence-corrected chi connectivity index (χ1v) is 1.58. The molecule has 0 fully saturated rings. The summed E-state index contributed by atoms with van der Waals surface area (Å²) in [4.78, 5) is 4.51. The number of rotatable bonds is 0. The average Bonchev–Trinajstić information content (AvgIpc) is 1.86. The molecule has 0 aromatic carbocycles. The van der Waals surface area contributed by atoms with Gasteiger partial charge in [-0.25, -0.2) is 10.5 Å². The van der Waals surface area contributed by atoms with Gasteiger partial charge in [-0.1, -0.05) is 0 Å². The topological polar surface area (TPSA) is 24.5 Å². The summed E-state index contributed by atoms with van der Waals surface area (Å²) >= 11 is 0. The molecule has 0 spiro atoms. The molecule has 1 heterocycles. The van der Waals surface area contributed by atoms with Crippen LogP contribution in [0.4, 0.5) is 0 Å². The molecule has 3 nitrogen and oxygen atoms in total. The van der Waals surface area contributed by atoms with Crippen LogP contribution in [-0.2, 0) is 4.94 Å². The third-order valence-electron chi connectivity index (χ3n) is 0.479. The smallest absolute Gasteiger partial charge is 0.0675 e. The molecule has 0 aromatic heterocycles. The Morgan fingerprint density at radius 3 is 2.83 bits per heavy atom. The lowest BCUT2D eigenvalue weighted by molar-refractivity contribution is -0.109. The molecule has 0 atom stereocenters. The molecule has 1 radical (unpaired) electrons. The van der Waals surface area contributed by atoms with E-state index in [2.05, 4.69) is 17.5 Å². The molecule has 0 saturated heterocycles. The van der Waals surface area contributed by atoms with Crippen molar-refractivity contribution < 1.29 is 4.94 Å². The van der Waals surface area contributed by atoms with Crippen molar-refractivity contribution in [3.05, 3.63) is 19.4 Å². The molecule has 1 rings (SSSR count). The summed E-state index contributed by atoms with van der Waals surface area (Å²) in [6, 6.07) is 0. The third kappa shape index (κ3) is 0.440. The predicted molar refractivity (Wildman–Crippen MR) is 20.6 cm³/mol. The highest BCUT2D eigenvalue weighted by Crippen LogP contribution is 1.89. The summed E-state index contributed by atoms with van der Waals surface area (Å²) in [5.74, 6) is 0. The maximum Gasteiger partial charge on any atom is 0.0675 e. The SMILES string of the molecule is [CH2]N1C=CNO1. The fraction of sp³-hybridized carbons (Fsp3) is 0. The minimum atomic E-state index is 1.32. The van der Waals surface area contributed by atoms with Gasteiger partial charge in [-0.15, -0.1) is 0 Å². The molecule has 1 aliphatic rings. The first-order chi connectivity index (χ1) is 2.89. The van der Waals surface area contributed by atoms with Gasteiger partial charge in [-0.3, -0.25) is 0 Å². The van der Waals surface area contributed by atoms with Crippen LogP contribution in [0.2, 0.25) is 0 Å². The van der Waals surface area contributed by atoms with Gasteiger partial charge in [0.05, 0.1) is 7.05 Å². The minimum Gasteiger partial charge on any atom is -0.248 e. The van der Waals surface area contributed by atoms with Crippen LogP contribution in [0.25, 0.3) is 0 Å². The maximum absolute atomic E-state index is 4.51. The lowest BCUT2D eigenvalue weighted by Gasteiger charge is -2.00. The van der Waals surface area contributed by atoms with Crippen LogP contribution < -0.4 is 5.48 Å². The third-order valence-corrected chi connectivity index (χ3v) is 0.479. The Balaban J connectivity index is 2.38. The minimum absolute atomic E-state index is 1.32. The summed E-state index contributed by atoms with van der Waals surface area (Å²) in [5, 5.41) is 1.32. The van der Waals surface area contributed by atoms with E-state index in [1.807, 2.05) is 0 Å². The lowest BCUT2D eigenvalue weighted by Crippen LogP contribution is -2.08. The molecule has 0 bridgehead atoms.